The van der Waals surface area contributed by atoms with Gasteiger partial charge in [-0.1, -0.05) is 13.3 Å². The summed E-state index contributed by atoms with van der Waals surface area (Å²) in [5.41, 5.74) is 0. The number of nitrogens with zero attached hydrogens (tertiary/aromatic N) is 1. The normalized spacial score (nSPS) is 19.6. The van der Waals surface area contributed by atoms with Crippen LogP contribution in [0.3, 0.4) is 0 Å². The summed E-state index contributed by atoms with van der Waals surface area (Å²) in [4.78, 5) is 0. The predicted octanol–water partition coefficient (Wildman–Crippen LogP) is 0.454. The highest BCUT2D eigenvalue weighted by Crippen LogP contribution is 2.25. The molecule has 0 heterocycles. The van der Waals surface area contributed by atoms with Gasteiger partial charge in [0.1, 0.15) is 0 Å². The molecule has 0 aromatic rings. The SMILES string of the molecule is CCCN(C1CCC1)S(N)(=O)=O. The van der Waals surface area contributed by atoms with Crippen LogP contribution >= 0.6 is 0 Å². The van der Waals surface area contributed by atoms with Crippen LogP contribution in [-0.4, -0.2) is 25.3 Å². The summed E-state index contributed by atoms with van der Waals surface area (Å²) in [5, 5.41) is 5.07. The van der Waals surface area contributed by atoms with E-state index < -0.39 is 10.2 Å². The zero-order chi connectivity index (χ0) is 9.19. The van der Waals surface area contributed by atoms with E-state index in [1.807, 2.05) is 6.92 Å². The Labute approximate surface area is 73.9 Å². The minimum Gasteiger partial charge on any atom is -0.216 e. The van der Waals surface area contributed by atoms with Gasteiger partial charge in [-0.15, -0.1) is 0 Å². The van der Waals surface area contributed by atoms with Crippen LogP contribution in [0.5, 0.6) is 0 Å². The van der Waals surface area contributed by atoms with Gasteiger partial charge in [-0.25, -0.2) is 5.14 Å². The molecule has 1 fully saturated rings. The van der Waals surface area contributed by atoms with E-state index in [9.17, 15) is 8.42 Å². The van der Waals surface area contributed by atoms with Gasteiger partial charge in [-0.3, -0.25) is 0 Å². The van der Waals surface area contributed by atoms with Gasteiger partial charge in [0.05, 0.1) is 0 Å². The van der Waals surface area contributed by atoms with Crippen LogP contribution < -0.4 is 5.14 Å². The van der Waals surface area contributed by atoms with Gasteiger partial charge >= 0.3 is 0 Å². The Morgan fingerprint density at radius 1 is 1.50 bits per heavy atom. The molecule has 0 unspecified atom stereocenters. The van der Waals surface area contributed by atoms with Gasteiger partial charge in [0.2, 0.25) is 0 Å². The van der Waals surface area contributed by atoms with Crippen molar-refractivity contribution in [3.05, 3.63) is 0 Å². The summed E-state index contributed by atoms with van der Waals surface area (Å²) >= 11 is 0. The lowest BCUT2D eigenvalue weighted by atomic mass is 9.93. The maximum atomic E-state index is 11.1. The van der Waals surface area contributed by atoms with Gasteiger partial charge in [-0.2, -0.15) is 12.7 Å². The van der Waals surface area contributed by atoms with Gasteiger partial charge in [0.25, 0.3) is 10.2 Å². The Balaban J connectivity index is 2.60. The third kappa shape index (κ3) is 2.18. The minimum atomic E-state index is -3.45. The zero-order valence-electron chi connectivity index (χ0n) is 7.36. The molecule has 0 spiro atoms. The molecule has 1 saturated carbocycles. The second kappa shape index (κ2) is 3.72. The lowest BCUT2D eigenvalue weighted by Crippen LogP contribution is -2.47. The average molecular weight is 192 g/mol. The molecule has 12 heavy (non-hydrogen) atoms. The first kappa shape index (κ1) is 9.95. The molecular formula is C7H16N2O2S. The monoisotopic (exact) mass is 192 g/mol. The molecule has 72 valence electrons. The number of rotatable bonds is 4. The van der Waals surface area contributed by atoms with E-state index in [0.29, 0.717) is 6.54 Å². The van der Waals surface area contributed by atoms with E-state index in [4.69, 9.17) is 5.14 Å². The zero-order valence-corrected chi connectivity index (χ0v) is 8.18. The maximum Gasteiger partial charge on any atom is 0.277 e. The Bertz CT molecular complexity index is 234. The summed E-state index contributed by atoms with van der Waals surface area (Å²) < 4.78 is 23.5. The van der Waals surface area contributed by atoms with Gasteiger partial charge in [0.15, 0.2) is 0 Å². The van der Waals surface area contributed by atoms with Crippen molar-refractivity contribution in [2.45, 2.75) is 38.6 Å². The number of hydrogen-bond acceptors (Lipinski definition) is 2. The molecule has 0 atom stereocenters. The van der Waals surface area contributed by atoms with Crippen molar-refractivity contribution in [1.82, 2.24) is 4.31 Å². The quantitative estimate of drug-likeness (QED) is 0.703. The maximum absolute atomic E-state index is 11.1. The Kier molecular flexibility index (Phi) is 3.09. The molecular weight excluding hydrogens is 176 g/mol. The van der Waals surface area contributed by atoms with Crippen LogP contribution in [-0.2, 0) is 10.2 Å². The third-order valence-corrected chi connectivity index (χ3v) is 3.39. The molecule has 0 aliphatic heterocycles. The molecule has 0 aromatic heterocycles. The van der Waals surface area contributed by atoms with Crippen LogP contribution in [0.2, 0.25) is 0 Å². The summed E-state index contributed by atoms with van der Waals surface area (Å²) in [7, 11) is -3.45. The van der Waals surface area contributed by atoms with Gasteiger partial charge in [0, 0.05) is 12.6 Å². The Morgan fingerprint density at radius 2 is 2.08 bits per heavy atom. The fourth-order valence-corrected chi connectivity index (χ4v) is 2.48. The average Bonchev–Trinajstić information content (AvgIpc) is 1.80. The van der Waals surface area contributed by atoms with Crippen molar-refractivity contribution in [3.63, 3.8) is 0 Å². The van der Waals surface area contributed by atoms with Crippen molar-refractivity contribution in [2.75, 3.05) is 6.54 Å². The van der Waals surface area contributed by atoms with Crippen molar-refractivity contribution >= 4 is 10.2 Å². The molecule has 0 aromatic carbocycles. The summed E-state index contributed by atoms with van der Waals surface area (Å²) in [6, 6.07) is 0.181. The highest BCUT2D eigenvalue weighted by atomic mass is 32.2. The minimum absolute atomic E-state index is 0.181. The fourth-order valence-electron chi connectivity index (χ4n) is 1.41. The molecule has 0 saturated heterocycles. The predicted molar refractivity (Wildman–Crippen MR) is 47.7 cm³/mol. The molecule has 4 nitrogen and oxygen atoms in total. The molecule has 5 heteroatoms. The third-order valence-electron chi connectivity index (χ3n) is 2.25. The smallest absolute Gasteiger partial charge is 0.216 e. The second-order valence-electron chi connectivity index (χ2n) is 3.24. The number of hydrogen-bond donors (Lipinski definition) is 1. The van der Waals surface area contributed by atoms with Crippen LogP contribution in [0.25, 0.3) is 0 Å². The molecule has 2 N–H and O–H groups in total. The number of nitrogens with two attached hydrogens (primary N) is 1. The van der Waals surface area contributed by atoms with Crippen LogP contribution in [0.1, 0.15) is 32.6 Å². The summed E-state index contributed by atoms with van der Waals surface area (Å²) in [6.45, 7) is 2.51. The lowest BCUT2D eigenvalue weighted by Gasteiger charge is -2.34. The van der Waals surface area contributed by atoms with Crippen LogP contribution in [0, 0.1) is 0 Å². The molecule has 0 amide bonds. The first-order valence-electron chi connectivity index (χ1n) is 4.35. The lowest BCUT2D eigenvalue weighted by molar-refractivity contribution is 0.219. The molecule has 1 aliphatic rings. The summed E-state index contributed by atoms with van der Waals surface area (Å²) in [6.07, 6.45) is 3.89. The highest BCUT2D eigenvalue weighted by molar-refractivity contribution is 7.86. The molecule has 0 radical (unpaired) electrons. The van der Waals surface area contributed by atoms with E-state index in [2.05, 4.69) is 0 Å². The Hall–Kier alpha value is -0.130. The fraction of sp³-hybridized carbons (Fsp3) is 1.00. The first-order valence-corrected chi connectivity index (χ1v) is 5.85. The van der Waals surface area contributed by atoms with E-state index in [-0.39, 0.29) is 6.04 Å². The summed E-state index contributed by atoms with van der Waals surface area (Å²) in [5.74, 6) is 0. The van der Waals surface area contributed by atoms with E-state index in [1.165, 1.54) is 4.31 Å². The van der Waals surface area contributed by atoms with Crippen molar-refractivity contribution in [1.29, 1.82) is 0 Å². The van der Waals surface area contributed by atoms with Crippen LogP contribution in [0.4, 0.5) is 0 Å². The molecule has 1 aliphatic carbocycles. The van der Waals surface area contributed by atoms with Crippen molar-refractivity contribution in [3.8, 4) is 0 Å². The topological polar surface area (TPSA) is 63.4 Å². The van der Waals surface area contributed by atoms with E-state index in [1.54, 1.807) is 0 Å². The van der Waals surface area contributed by atoms with E-state index >= 15 is 0 Å². The molecule has 1 rings (SSSR count). The highest BCUT2D eigenvalue weighted by Gasteiger charge is 2.30. The van der Waals surface area contributed by atoms with Crippen molar-refractivity contribution in [2.24, 2.45) is 5.14 Å². The molecule has 0 bridgehead atoms. The van der Waals surface area contributed by atoms with Crippen molar-refractivity contribution < 1.29 is 8.42 Å². The Morgan fingerprint density at radius 3 is 2.33 bits per heavy atom. The van der Waals surface area contributed by atoms with Crippen LogP contribution in [0.15, 0.2) is 0 Å². The van der Waals surface area contributed by atoms with Gasteiger partial charge < -0.3 is 0 Å². The first-order chi connectivity index (χ1) is 5.55. The standard InChI is InChI=1S/C7H16N2O2S/c1-2-6-9(12(8,10)11)7-4-3-5-7/h7H,2-6H2,1H3,(H2,8,10,11). The second-order valence-corrected chi connectivity index (χ2v) is 4.74. The largest absolute Gasteiger partial charge is 0.277 e. The van der Waals surface area contributed by atoms with E-state index in [0.717, 1.165) is 25.7 Å². The van der Waals surface area contributed by atoms with Gasteiger partial charge in [-0.05, 0) is 19.3 Å².